The number of carbonyl (C=O) groups is 2. The summed E-state index contributed by atoms with van der Waals surface area (Å²) in [7, 11) is 0. The van der Waals surface area contributed by atoms with Gasteiger partial charge in [0.15, 0.2) is 0 Å². The second-order valence-corrected chi connectivity index (χ2v) is 6.58. The van der Waals surface area contributed by atoms with Crippen LogP contribution in [0.3, 0.4) is 0 Å². The number of amides is 2. The number of nitrogens with one attached hydrogen (secondary N) is 3. The van der Waals surface area contributed by atoms with Crippen LogP contribution in [0.2, 0.25) is 5.02 Å². The van der Waals surface area contributed by atoms with Crippen molar-refractivity contribution >= 4 is 34.4 Å². The molecule has 0 fully saturated rings. The molecule has 9 heteroatoms. The highest BCUT2D eigenvalue weighted by Crippen LogP contribution is 2.18. The summed E-state index contributed by atoms with van der Waals surface area (Å²) >= 11 is 5.91. The summed E-state index contributed by atoms with van der Waals surface area (Å²) in [4.78, 5) is 32.0. The van der Waals surface area contributed by atoms with Crippen LogP contribution in [0.15, 0.2) is 42.6 Å². The molecule has 0 aliphatic heterocycles. The molecule has 2 aromatic heterocycles. The first-order chi connectivity index (χ1) is 13.5. The molecule has 28 heavy (non-hydrogen) atoms. The van der Waals surface area contributed by atoms with Crippen LogP contribution in [0.1, 0.15) is 16.1 Å². The Morgan fingerprint density at radius 1 is 1.25 bits per heavy atom. The molecular formula is C19H18ClFN4O3. The third-order valence-corrected chi connectivity index (χ3v) is 4.27. The summed E-state index contributed by atoms with van der Waals surface area (Å²) < 4.78 is 13.1. The van der Waals surface area contributed by atoms with Gasteiger partial charge in [0.25, 0.3) is 5.91 Å². The van der Waals surface area contributed by atoms with Gasteiger partial charge in [-0.05, 0) is 29.8 Å². The van der Waals surface area contributed by atoms with E-state index in [-0.39, 0.29) is 25.3 Å². The molecule has 1 atom stereocenters. The van der Waals surface area contributed by atoms with Gasteiger partial charge in [-0.15, -0.1) is 0 Å². The number of hydrogen-bond acceptors (Lipinski definition) is 4. The Balaban J connectivity index is 1.78. The van der Waals surface area contributed by atoms with E-state index in [0.29, 0.717) is 21.6 Å². The molecular weight excluding hydrogens is 387 g/mol. The number of halogens is 2. The molecule has 3 aromatic rings. The molecule has 7 nitrogen and oxygen atoms in total. The van der Waals surface area contributed by atoms with E-state index in [1.807, 2.05) is 0 Å². The van der Waals surface area contributed by atoms with Gasteiger partial charge in [-0.1, -0.05) is 23.7 Å². The first-order valence-electron chi connectivity index (χ1n) is 8.54. The van der Waals surface area contributed by atoms with E-state index in [1.54, 1.807) is 24.3 Å². The number of nitrogens with zero attached hydrogens (tertiary/aromatic N) is 1. The maximum Gasteiger partial charge on any atom is 0.268 e. The molecule has 1 aromatic carbocycles. The molecule has 0 radical (unpaired) electrons. The topological polar surface area (TPSA) is 107 Å². The Morgan fingerprint density at radius 3 is 2.71 bits per heavy atom. The van der Waals surface area contributed by atoms with Crippen molar-refractivity contribution in [1.29, 1.82) is 0 Å². The standard InChI is InChI=1S/C19H18ClFN4O3/c20-13-8-12-9-16(24-17(12)23-10-13)19(28)25-15(18(27)22-5-6-26)7-11-1-3-14(21)4-2-11/h1-4,8-10,15,26H,5-7H2,(H,22,27)(H,23,24)(H,25,28)/t15-/m0/s1. The number of aromatic nitrogens is 2. The van der Waals surface area contributed by atoms with Crippen molar-refractivity contribution in [3.63, 3.8) is 0 Å². The predicted octanol–water partition coefficient (Wildman–Crippen LogP) is 1.80. The molecule has 0 unspecified atom stereocenters. The minimum Gasteiger partial charge on any atom is -0.395 e. The molecule has 0 aliphatic rings. The molecule has 0 spiro atoms. The highest BCUT2D eigenvalue weighted by molar-refractivity contribution is 6.31. The van der Waals surface area contributed by atoms with E-state index < -0.39 is 23.7 Å². The SMILES string of the molecule is O=C(N[C@@H](Cc1ccc(F)cc1)C(=O)NCCO)c1cc2cc(Cl)cnc2[nH]1. The minimum atomic E-state index is -0.910. The van der Waals surface area contributed by atoms with Crippen LogP contribution < -0.4 is 10.6 Å². The van der Waals surface area contributed by atoms with Crippen LogP contribution in [0.4, 0.5) is 4.39 Å². The van der Waals surface area contributed by atoms with Crippen LogP contribution in [0, 0.1) is 5.82 Å². The molecule has 4 N–H and O–H groups in total. The fourth-order valence-corrected chi connectivity index (χ4v) is 2.88. The minimum absolute atomic E-state index is 0.0590. The highest BCUT2D eigenvalue weighted by Gasteiger charge is 2.22. The third kappa shape index (κ3) is 4.85. The van der Waals surface area contributed by atoms with E-state index in [1.165, 1.54) is 18.3 Å². The lowest BCUT2D eigenvalue weighted by atomic mass is 10.0. The van der Waals surface area contributed by atoms with Gasteiger partial charge in [0.2, 0.25) is 5.91 Å². The number of H-pyrrole nitrogens is 1. The average Bonchev–Trinajstić information content (AvgIpc) is 3.10. The van der Waals surface area contributed by atoms with Crippen LogP contribution in [0.25, 0.3) is 11.0 Å². The smallest absolute Gasteiger partial charge is 0.268 e. The summed E-state index contributed by atoms with van der Waals surface area (Å²) in [6, 6.07) is 8.00. The number of fused-ring (bicyclic) bond motifs is 1. The zero-order chi connectivity index (χ0) is 20.1. The Hall–Kier alpha value is -2.97. The predicted molar refractivity (Wildman–Crippen MR) is 103 cm³/mol. The van der Waals surface area contributed by atoms with E-state index in [4.69, 9.17) is 16.7 Å². The Kier molecular flexibility index (Phi) is 6.23. The summed E-state index contributed by atoms with van der Waals surface area (Å²) in [6.07, 6.45) is 1.62. The zero-order valence-corrected chi connectivity index (χ0v) is 15.5. The van der Waals surface area contributed by atoms with Crippen molar-refractivity contribution in [1.82, 2.24) is 20.6 Å². The van der Waals surface area contributed by atoms with Crippen molar-refractivity contribution in [2.45, 2.75) is 12.5 Å². The summed E-state index contributed by atoms with van der Waals surface area (Å²) in [6.45, 7) is -0.166. The Bertz CT molecular complexity index is 991. The van der Waals surface area contributed by atoms with E-state index in [2.05, 4.69) is 20.6 Å². The second kappa shape index (κ2) is 8.81. The molecule has 0 aliphatic carbocycles. The van der Waals surface area contributed by atoms with E-state index >= 15 is 0 Å². The fraction of sp³-hybridized carbons (Fsp3) is 0.211. The molecule has 146 valence electrons. The Labute approximate surface area is 164 Å². The van der Waals surface area contributed by atoms with Crippen molar-refractivity contribution in [3.8, 4) is 0 Å². The van der Waals surface area contributed by atoms with Gasteiger partial charge < -0.3 is 20.7 Å². The van der Waals surface area contributed by atoms with Crippen molar-refractivity contribution in [2.75, 3.05) is 13.2 Å². The van der Waals surface area contributed by atoms with Crippen LogP contribution >= 0.6 is 11.6 Å². The van der Waals surface area contributed by atoms with Gasteiger partial charge in [-0.25, -0.2) is 9.37 Å². The van der Waals surface area contributed by atoms with Crippen LogP contribution in [0.5, 0.6) is 0 Å². The van der Waals surface area contributed by atoms with Crippen LogP contribution in [-0.2, 0) is 11.2 Å². The number of aliphatic hydroxyl groups is 1. The van der Waals surface area contributed by atoms with Gasteiger partial charge >= 0.3 is 0 Å². The quantitative estimate of drug-likeness (QED) is 0.481. The molecule has 2 amide bonds. The van der Waals surface area contributed by atoms with Gasteiger partial charge in [0.1, 0.15) is 23.2 Å². The van der Waals surface area contributed by atoms with Gasteiger partial charge in [0, 0.05) is 24.5 Å². The number of benzene rings is 1. The third-order valence-electron chi connectivity index (χ3n) is 4.07. The number of aromatic amines is 1. The molecule has 0 bridgehead atoms. The number of carbonyl (C=O) groups excluding carboxylic acids is 2. The lowest BCUT2D eigenvalue weighted by molar-refractivity contribution is -0.123. The molecule has 2 heterocycles. The molecule has 3 rings (SSSR count). The molecule has 0 saturated heterocycles. The maximum absolute atomic E-state index is 13.1. The van der Waals surface area contributed by atoms with Crippen molar-refractivity contribution < 1.29 is 19.1 Å². The van der Waals surface area contributed by atoms with Crippen molar-refractivity contribution in [2.24, 2.45) is 0 Å². The maximum atomic E-state index is 13.1. The first kappa shape index (κ1) is 19.8. The fourth-order valence-electron chi connectivity index (χ4n) is 2.71. The molecule has 0 saturated carbocycles. The van der Waals surface area contributed by atoms with Gasteiger partial charge in [-0.2, -0.15) is 0 Å². The van der Waals surface area contributed by atoms with E-state index in [9.17, 15) is 14.0 Å². The lowest BCUT2D eigenvalue weighted by Crippen LogP contribution is -2.48. The summed E-state index contributed by atoms with van der Waals surface area (Å²) in [5, 5.41) is 15.2. The number of aliphatic hydroxyl groups excluding tert-OH is 1. The van der Waals surface area contributed by atoms with Crippen molar-refractivity contribution in [3.05, 3.63) is 64.7 Å². The van der Waals surface area contributed by atoms with Gasteiger partial charge in [0.05, 0.1) is 11.6 Å². The summed E-state index contributed by atoms with van der Waals surface area (Å²) in [5.74, 6) is -1.34. The lowest BCUT2D eigenvalue weighted by Gasteiger charge is -2.18. The highest BCUT2D eigenvalue weighted by atomic mass is 35.5. The number of rotatable bonds is 7. The monoisotopic (exact) mass is 404 g/mol. The Morgan fingerprint density at radius 2 is 2.00 bits per heavy atom. The zero-order valence-electron chi connectivity index (χ0n) is 14.7. The second-order valence-electron chi connectivity index (χ2n) is 6.15. The first-order valence-corrected chi connectivity index (χ1v) is 8.92. The van der Waals surface area contributed by atoms with E-state index in [0.717, 1.165) is 0 Å². The summed E-state index contributed by atoms with van der Waals surface area (Å²) in [5.41, 5.74) is 1.40. The normalized spacial score (nSPS) is 12.0. The largest absolute Gasteiger partial charge is 0.395 e. The number of hydrogen-bond donors (Lipinski definition) is 4. The van der Waals surface area contributed by atoms with Crippen LogP contribution in [-0.4, -0.2) is 46.1 Å². The average molecular weight is 405 g/mol. The number of pyridine rings is 1. The van der Waals surface area contributed by atoms with Gasteiger partial charge in [-0.3, -0.25) is 9.59 Å².